The first-order chi connectivity index (χ1) is 6.63. The minimum atomic E-state index is -0.0803. The van der Waals surface area contributed by atoms with Gasteiger partial charge in [0.25, 0.3) is 0 Å². The van der Waals surface area contributed by atoms with Crippen LogP contribution in [0, 0.1) is 13.8 Å². The van der Waals surface area contributed by atoms with E-state index in [-0.39, 0.29) is 5.91 Å². The molecule has 0 unspecified atom stereocenters. The fraction of sp³-hybridized carbons (Fsp3) is 0.250. The molecule has 0 saturated carbocycles. The lowest BCUT2D eigenvalue weighted by atomic mass is 10.1. The molecule has 2 heteroatoms. The summed E-state index contributed by atoms with van der Waals surface area (Å²) >= 11 is 0. The van der Waals surface area contributed by atoms with Gasteiger partial charge in [0.2, 0.25) is 5.91 Å². The van der Waals surface area contributed by atoms with Crippen LogP contribution >= 0.6 is 0 Å². The van der Waals surface area contributed by atoms with Crippen molar-refractivity contribution in [2.24, 2.45) is 0 Å². The van der Waals surface area contributed by atoms with E-state index in [0.29, 0.717) is 0 Å². The second-order valence-corrected chi connectivity index (χ2v) is 3.29. The third-order valence-electron chi connectivity index (χ3n) is 2.20. The van der Waals surface area contributed by atoms with E-state index < -0.39 is 0 Å². The molecule has 0 spiro atoms. The molecule has 0 fully saturated rings. The van der Waals surface area contributed by atoms with Gasteiger partial charge in [-0.1, -0.05) is 18.2 Å². The monoisotopic (exact) mass is 189 g/mol. The van der Waals surface area contributed by atoms with Crippen molar-refractivity contribution in [1.82, 2.24) is 5.32 Å². The summed E-state index contributed by atoms with van der Waals surface area (Å²) in [6, 6.07) is 6.12. The molecule has 0 aliphatic carbocycles. The number of carbonyl (C=O) groups excluding carboxylic acids is 1. The van der Waals surface area contributed by atoms with Crippen molar-refractivity contribution in [3.05, 3.63) is 41.0 Å². The fourth-order valence-corrected chi connectivity index (χ4v) is 1.12. The SMILES string of the molecule is CNC(=O)C=Cc1ccc(C)c(C)c1. The Labute approximate surface area is 84.6 Å². The van der Waals surface area contributed by atoms with Crippen molar-refractivity contribution in [2.45, 2.75) is 13.8 Å². The van der Waals surface area contributed by atoms with Crippen LogP contribution in [0.15, 0.2) is 24.3 Å². The molecule has 74 valence electrons. The summed E-state index contributed by atoms with van der Waals surface area (Å²) in [5.41, 5.74) is 3.56. The first-order valence-electron chi connectivity index (χ1n) is 4.60. The summed E-state index contributed by atoms with van der Waals surface area (Å²) in [6.45, 7) is 4.13. The number of rotatable bonds is 2. The van der Waals surface area contributed by atoms with Crippen molar-refractivity contribution < 1.29 is 4.79 Å². The molecule has 0 aliphatic rings. The summed E-state index contributed by atoms with van der Waals surface area (Å²) in [5.74, 6) is -0.0803. The third-order valence-corrected chi connectivity index (χ3v) is 2.20. The minimum absolute atomic E-state index is 0.0803. The summed E-state index contributed by atoms with van der Waals surface area (Å²) in [7, 11) is 1.62. The summed E-state index contributed by atoms with van der Waals surface area (Å²) in [5, 5.41) is 2.54. The van der Waals surface area contributed by atoms with E-state index in [1.807, 2.05) is 12.1 Å². The van der Waals surface area contributed by atoms with Crippen LogP contribution < -0.4 is 5.32 Å². The number of benzene rings is 1. The highest BCUT2D eigenvalue weighted by Gasteiger charge is 1.93. The Morgan fingerprint density at radius 2 is 2.00 bits per heavy atom. The molecule has 0 radical (unpaired) electrons. The zero-order valence-corrected chi connectivity index (χ0v) is 8.79. The molecule has 0 saturated heterocycles. The molecule has 0 aromatic heterocycles. The Morgan fingerprint density at radius 1 is 1.29 bits per heavy atom. The average molecular weight is 189 g/mol. The Kier molecular flexibility index (Phi) is 3.46. The normalized spacial score (nSPS) is 10.5. The van der Waals surface area contributed by atoms with E-state index in [0.717, 1.165) is 5.56 Å². The van der Waals surface area contributed by atoms with Gasteiger partial charge in [-0.3, -0.25) is 4.79 Å². The number of aryl methyl sites for hydroxylation is 2. The van der Waals surface area contributed by atoms with Crippen molar-refractivity contribution in [2.75, 3.05) is 7.05 Å². The third kappa shape index (κ3) is 2.73. The van der Waals surface area contributed by atoms with E-state index >= 15 is 0 Å². The predicted octanol–water partition coefficient (Wildman–Crippen LogP) is 2.06. The zero-order chi connectivity index (χ0) is 10.6. The molecule has 14 heavy (non-hydrogen) atoms. The van der Waals surface area contributed by atoms with Gasteiger partial charge >= 0.3 is 0 Å². The van der Waals surface area contributed by atoms with Gasteiger partial charge in [-0.25, -0.2) is 0 Å². The highest BCUT2D eigenvalue weighted by Crippen LogP contribution is 2.10. The van der Waals surface area contributed by atoms with Gasteiger partial charge in [0.1, 0.15) is 0 Å². The number of hydrogen-bond donors (Lipinski definition) is 1. The molecule has 1 aromatic rings. The smallest absolute Gasteiger partial charge is 0.243 e. The summed E-state index contributed by atoms with van der Waals surface area (Å²) in [6.07, 6.45) is 3.34. The fourth-order valence-electron chi connectivity index (χ4n) is 1.12. The van der Waals surface area contributed by atoms with Crippen LogP contribution in [0.5, 0.6) is 0 Å². The minimum Gasteiger partial charge on any atom is -0.356 e. The van der Waals surface area contributed by atoms with Crippen LogP contribution in [0.3, 0.4) is 0 Å². The second-order valence-electron chi connectivity index (χ2n) is 3.29. The largest absolute Gasteiger partial charge is 0.356 e. The Hall–Kier alpha value is -1.57. The lowest BCUT2D eigenvalue weighted by Gasteiger charge is -2.00. The Morgan fingerprint density at radius 3 is 2.57 bits per heavy atom. The van der Waals surface area contributed by atoms with Crippen LogP contribution in [0.2, 0.25) is 0 Å². The topological polar surface area (TPSA) is 29.1 Å². The Balaban J connectivity index is 2.83. The molecule has 0 aliphatic heterocycles. The molecule has 1 amide bonds. The van der Waals surface area contributed by atoms with Crippen molar-refractivity contribution in [1.29, 1.82) is 0 Å². The number of likely N-dealkylation sites (N-methyl/N-ethyl adjacent to an activating group) is 1. The molecule has 1 aromatic carbocycles. The summed E-state index contributed by atoms with van der Waals surface area (Å²) in [4.78, 5) is 10.9. The number of nitrogens with one attached hydrogen (secondary N) is 1. The van der Waals surface area contributed by atoms with Crippen molar-refractivity contribution in [3.8, 4) is 0 Å². The lowest BCUT2D eigenvalue weighted by Crippen LogP contribution is -2.13. The molecule has 1 rings (SSSR count). The number of carbonyl (C=O) groups is 1. The first kappa shape index (κ1) is 10.5. The van der Waals surface area contributed by atoms with Crippen LogP contribution in [0.4, 0.5) is 0 Å². The van der Waals surface area contributed by atoms with Gasteiger partial charge in [0.15, 0.2) is 0 Å². The van der Waals surface area contributed by atoms with E-state index in [1.165, 1.54) is 17.2 Å². The maximum atomic E-state index is 10.9. The molecule has 0 heterocycles. The van der Waals surface area contributed by atoms with Gasteiger partial charge in [0, 0.05) is 13.1 Å². The molecular formula is C12H15NO. The standard InChI is InChI=1S/C12H15NO/c1-9-4-5-11(8-10(9)2)6-7-12(14)13-3/h4-8H,1-3H3,(H,13,14). The predicted molar refractivity (Wildman–Crippen MR) is 59.0 cm³/mol. The van der Waals surface area contributed by atoms with Crippen molar-refractivity contribution >= 4 is 12.0 Å². The summed E-state index contributed by atoms with van der Waals surface area (Å²) < 4.78 is 0. The molecule has 2 nitrogen and oxygen atoms in total. The molecule has 0 atom stereocenters. The maximum Gasteiger partial charge on any atom is 0.243 e. The van der Waals surface area contributed by atoms with Gasteiger partial charge < -0.3 is 5.32 Å². The van der Waals surface area contributed by atoms with E-state index in [1.54, 1.807) is 7.05 Å². The van der Waals surface area contributed by atoms with Crippen LogP contribution in [0.25, 0.3) is 6.08 Å². The number of amides is 1. The Bertz CT molecular complexity index is 367. The quantitative estimate of drug-likeness (QED) is 0.709. The van der Waals surface area contributed by atoms with E-state index in [4.69, 9.17) is 0 Å². The second kappa shape index (κ2) is 4.61. The first-order valence-corrected chi connectivity index (χ1v) is 4.60. The lowest BCUT2D eigenvalue weighted by molar-refractivity contribution is -0.115. The number of hydrogen-bond acceptors (Lipinski definition) is 1. The van der Waals surface area contributed by atoms with Gasteiger partial charge in [0.05, 0.1) is 0 Å². The highest BCUT2D eigenvalue weighted by molar-refractivity contribution is 5.91. The van der Waals surface area contributed by atoms with Crippen LogP contribution in [0.1, 0.15) is 16.7 Å². The molecule has 0 bridgehead atoms. The molecule has 1 N–H and O–H groups in total. The highest BCUT2D eigenvalue weighted by atomic mass is 16.1. The van der Waals surface area contributed by atoms with Gasteiger partial charge in [-0.05, 0) is 36.6 Å². The van der Waals surface area contributed by atoms with E-state index in [9.17, 15) is 4.79 Å². The zero-order valence-electron chi connectivity index (χ0n) is 8.79. The molecular weight excluding hydrogens is 174 g/mol. The van der Waals surface area contributed by atoms with Crippen LogP contribution in [-0.4, -0.2) is 13.0 Å². The van der Waals surface area contributed by atoms with E-state index in [2.05, 4.69) is 31.3 Å². The maximum absolute atomic E-state index is 10.9. The van der Waals surface area contributed by atoms with Gasteiger partial charge in [-0.2, -0.15) is 0 Å². The van der Waals surface area contributed by atoms with Crippen LogP contribution in [-0.2, 0) is 4.79 Å². The van der Waals surface area contributed by atoms with Gasteiger partial charge in [-0.15, -0.1) is 0 Å². The average Bonchev–Trinajstić information content (AvgIpc) is 2.19. The van der Waals surface area contributed by atoms with Crippen molar-refractivity contribution in [3.63, 3.8) is 0 Å².